The molecule has 0 aliphatic carbocycles. The molecule has 227 valence electrons. The predicted molar refractivity (Wildman–Crippen MR) is 175 cm³/mol. The van der Waals surface area contributed by atoms with Crippen LogP contribution in [-0.2, 0) is 22.9 Å². The van der Waals surface area contributed by atoms with Crippen molar-refractivity contribution in [2.75, 3.05) is 6.61 Å². The van der Waals surface area contributed by atoms with Crippen molar-refractivity contribution in [3.63, 3.8) is 0 Å². The van der Waals surface area contributed by atoms with Crippen LogP contribution in [0, 0.1) is 5.41 Å². The molecule has 1 N–H and O–H groups in total. The molecule has 1 atom stereocenters. The van der Waals surface area contributed by atoms with Gasteiger partial charge in [-0.15, -0.1) is 0 Å². The van der Waals surface area contributed by atoms with E-state index in [4.69, 9.17) is 24.2 Å². The lowest BCUT2D eigenvalue weighted by Gasteiger charge is -2.33. The zero-order chi connectivity index (χ0) is 31.0. The molecule has 1 radical (unpaired) electrons. The first-order valence-corrected chi connectivity index (χ1v) is 20.8. The maximum absolute atomic E-state index is 13.3. The standard InChI is InChI=1S/C31H47N6O3Si2/c1-20(2)33-30(38)23-18-37(19-39-14-15-42(9,10)11)29-27(23)34-24(17-32-29)26-22-16-21(12-13-25(22)36(6)35-26)28(31(3,4)5)40-41(7)8/h12-13,16-18,20,28H,14-15,19H2,1-11H3,(H,33,38). The van der Waals surface area contributed by atoms with Crippen LogP contribution < -0.4 is 5.32 Å². The Balaban J connectivity index is 1.80. The van der Waals surface area contributed by atoms with Gasteiger partial charge in [0.1, 0.15) is 23.6 Å². The maximum atomic E-state index is 13.3. The van der Waals surface area contributed by atoms with Gasteiger partial charge in [0.05, 0.1) is 23.4 Å². The number of carbonyl (C=O) groups is 1. The molecule has 42 heavy (non-hydrogen) atoms. The number of ether oxygens (including phenoxy) is 1. The smallest absolute Gasteiger partial charge is 0.255 e. The second-order valence-corrected chi connectivity index (χ2v) is 21.6. The number of rotatable bonds is 11. The largest absolute Gasteiger partial charge is 0.410 e. The number of nitrogens with one attached hydrogen (secondary N) is 1. The van der Waals surface area contributed by atoms with Gasteiger partial charge >= 0.3 is 0 Å². The number of aryl methyl sites for hydroxylation is 1. The van der Waals surface area contributed by atoms with Gasteiger partial charge in [-0.3, -0.25) is 9.48 Å². The molecule has 4 aromatic rings. The van der Waals surface area contributed by atoms with Crippen LogP contribution in [0.3, 0.4) is 0 Å². The van der Waals surface area contributed by atoms with E-state index < -0.39 is 17.1 Å². The van der Waals surface area contributed by atoms with Crippen molar-refractivity contribution in [3.05, 3.63) is 41.7 Å². The van der Waals surface area contributed by atoms with Gasteiger partial charge in [-0.2, -0.15) is 5.10 Å². The Labute approximate surface area is 252 Å². The molecule has 0 spiro atoms. The second kappa shape index (κ2) is 12.4. The lowest BCUT2D eigenvalue weighted by Crippen LogP contribution is -2.30. The Morgan fingerprint density at radius 2 is 1.88 bits per heavy atom. The van der Waals surface area contributed by atoms with Gasteiger partial charge in [0.15, 0.2) is 5.65 Å². The first-order chi connectivity index (χ1) is 19.5. The van der Waals surface area contributed by atoms with E-state index in [0.29, 0.717) is 35.8 Å². The number of aromatic nitrogens is 5. The van der Waals surface area contributed by atoms with Crippen molar-refractivity contribution in [2.24, 2.45) is 12.5 Å². The summed E-state index contributed by atoms with van der Waals surface area (Å²) in [6.07, 6.45) is 3.50. The van der Waals surface area contributed by atoms with Crippen LogP contribution in [0.15, 0.2) is 30.6 Å². The van der Waals surface area contributed by atoms with Crippen LogP contribution in [0.2, 0.25) is 38.8 Å². The highest BCUT2D eigenvalue weighted by Gasteiger charge is 2.29. The van der Waals surface area contributed by atoms with E-state index in [1.807, 2.05) is 30.1 Å². The highest BCUT2D eigenvalue weighted by molar-refractivity contribution is 6.76. The van der Waals surface area contributed by atoms with E-state index in [1.54, 1.807) is 12.4 Å². The fourth-order valence-corrected chi connectivity index (χ4v) is 6.65. The second-order valence-electron chi connectivity index (χ2n) is 13.9. The molecular formula is C31H47N6O3Si2. The maximum Gasteiger partial charge on any atom is 0.255 e. The molecule has 0 bridgehead atoms. The molecule has 0 aliphatic rings. The molecule has 3 heterocycles. The molecule has 1 aromatic carbocycles. The van der Waals surface area contributed by atoms with Gasteiger partial charge in [-0.1, -0.05) is 46.5 Å². The number of hydrogen-bond donors (Lipinski definition) is 1. The summed E-state index contributed by atoms with van der Waals surface area (Å²) < 4.78 is 16.2. The summed E-state index contributed by atoms with van der Waals surface area (Å²) >= 11 is 0. The molecule has 4 rings (SSSR count). The Kier molecular flexibility index (Phi) is 9.46. The lowest BCUT2D eigenvalue weighted by molar-refractivity contribution is 0.0867. The van der Waals surface area contributed by atoms with E-state index in [9.17, 15) is 4.79 Å². The molecule has 3 aromatic heterocycles. The molecule has 9 nitrogen and oxygen atoms in total. The lowest BCUT2D eigenvalue weighted by atomic mass is 9.84. The number of nitrogens with zero attached hydrogens (tertiary/aromatic N) is 5. The quantitative estimate of drug-likeness (QED) is 0.149. The van der Waals surface area contributed by atoms with Crippen LogP contribution in [0.5, 0.6) is 0 Å². The van der Waals surface area contributed by atoms with E-state index in [-0.39, 0.29) is 23.5 Å². The molecule has 1 unspecified atom stereocenters. The van der Waals surface area contributed by atoms with Crippen molar-refractivity contribution in [1.29, 1.82) is 0 Å². The summed E-state index contributed by atoms with van der Waals surface area (Å²) in [7, 11) is -0.206. The third-order valence-corrected chi connectivity index (χ3v) is 9.43. The topological polar surface area (TPSA) is 96.1 Å². The summed E-state index contributed by atoms with van der Waals surface area (Å²) in [4.78, 5) is 23.1. The zero-order valence-corrected chi connectivity index (χ0v) is 29.1. The van der Waals surface area contributed by atoms with E-state index in [2.05, 4.69) is 77.0 Å². The number of hydrogen-bond acceptors (Lipinski definition) is 6. The predicted octanol–water partition coefficient (Wildman–Crippen LogP) is 6.79. The van der Waals surface area contributed by atoms with Crippen molar-refractivity contribution in [1.82, 2.24) is 29.6 Å². The van der Waals surface area contributed by atoms with Crippen LogP contribution >= 0.6 is 0 Å². The minimum absolute atomic E-state index is 0.00995. The average molecular weight is 608 g/mol. The first kappa shape index (κ1) is 32.1. The first-order valence-electron chi connectivity index (χ1n) is 14.7. The Morgan fingerprint density at radius 1 is 1.17 bits per heavy atom. The molecule has 0 saturated carbocycles. The average Bonchev–Trinajstić information content (AvgIpc) is 3.40. The summed E-state index contributed by atoms with van der Waals surface area (Å²) in [5.41, 5.74) is 5.00. The number of benzene rings is 1. The number of fused-ring (bicyclic) bond motifs is 2. The summed E-state index contributed by atoms with van der Waals surface area (Å²) in [5, 5.41) is 8.84. The fraction of sp³-hybridized carbons (Fsp3) is 0.548. The normalized spacial score (nSPS) is 13.5. The Bertz CT molecular complexity index is 1560. The number of carbonyl (C=O) groups excluding carboxylic acids is 1. The van der Waals surface area contributed by atoms with Crippen LogP contribution in [0.1, 0.15) is 56.6 Å². The van der Waals surface area contributed by atoms with Crippen molar-refractivity contribution < 1.29 is 14.0 Å². The van der Waals surface area contributed by atoms with Crippen molar-refractivity contribution >= 4 is 45.1 Å². The van der Waals surface area contributed by atoms with Crippen LogP contribution in [0.25, 0.3) is 33.5 Å². The molecule has 11 heteroatoms. The molecule has 0 aliphatic heterocycles. The van der Waals surface area contributed by atoms with Gasteiger partial charge in [0, 0.05) is 39.4 Å². The monoisotopic (exact) mass is 607 g/mol. The van der Waals surface area contributed by atoms with E-state index >= 15 is 0 Å². The van der Waals surface area contributed by atoms with Gasteiger partial charge in [0.25, 0.3) is 5.91 Å². The number of amides is 1. The van der Waals surface area contributed by atoms with Crippen LogP contribution in [0.4, 0.5) is 0 Å². The third kappa shape index (κ3) is 7.37. The minimum Gasteiger partial charge on any atom is -0.410 e. The fourth-order valence-electron chi connectivity index (χ4n) is 4.93. The van der Waals surface area contributed by atoms with E-state index in [0.717, 1.165) is 28.2 Å². The van der Waals surface area contributed by atoms with Gasteiger partial charge in [-0.05, 0) is 56.1 Å². The molecule has 1 amide bonds. The van der Waals surface area contributed by atoms with Gasteiger partial charge in [0.2, 0.25) is 9.04 Å². The van der Waals surface area contributed by atoms with Crippen LogP contribution in [-0.4, -0.2) is 60.0 Å². The Hall–Kier alpha value is -2.87. The van der Waals surface area contributed by atoms with Gasteiger partial charge in [-0.25, -0.2) is 9.97 Å². The van der Waals surface area contributed by atoms with Crippen molar-refractivity contribution in [3.8, 4) is 11.4 Å². The SMILES string of the molecule is CC(C)NC(=O)c1cn(COCC[Si](C)(C)C)c2ncc(-c3nn(C)c4ccc(C(O[Si](C)C)C(C)(C)C)cc34)nc12. The molecule has 0 fully saturated rings. The minimum atomic E-state index is -1.22. The summed E-state index contributed by atoms with van der Waals surface area (Å²) in [6, 6.07) is 7.47. The van der Waals surface area contributed by atoms with E-state index in [1.165, 1.54) is 0 Å². The summed E-state index contributed by atoms with van der Waals surface area (Å²) in [5.74, 6) is -0.183. The summed E-state index contributed by atoms with van der Waals surface area (Å²) in [6.45, 7) is 22.8. The highest BCUT2D eigenvalue weighted by atomic mass is 28.3. The van der Waals surface area contributed by atoms with Crippen molar-refractivity contribution in [2.45, 2.75) is 92.3 Å². The Morgan fingerprint density at radius 3 is 2.50 bits per heavy atom. The molecular weight excluding hydrogens is 561 g/mol. The van der Waals surface area contributed by atoms with Gasteiger partial charge < -0.3 is 19.0 Å². The zero-order valence-electron chi connectivity index (χ0n) is 27.1. The highest BCUT2D eigenvalue weighted by Crippen LogP contribution is 2.39. The third-order valence-electron chi connectivity index (χ3n) is 7.02. The molecule has 0 saturated heterocycles.